The van der Waals surface area contributed by atoms with Crippen LogP contribution in [0.15, 0.2) is 24.5 Å². The Hall–Kier alpha value is -2.17. The van der Waals surface area contributed by atoms with E-state index >= 15 is 0 Å². The van der Waals surface area contributed by atoms with Crippen molar-refractivity contribution in [1.82, 2.24) is 9.97 Å². The maximum atomic E-state index is 11.7. The number of Topliss-reactive ketones (excluding diaryl/α,β-unsaturated/α-hetero) is 1. The summed E-state index contributed by atoms with van der Waals surface area (Å²) in [6, 6.07) is 4.89. The first-order chi connectivity index (χ1) is 7.59. The number of aromatic nitrogens is 2. The highest BCUT2D eigenvalue weighted by Gasteiger charge is 2.22. The predicted molar refractivity (Wildman–Crippen MR) is 57.2 cm³/mol. The molecule has 0 aliphatic carbocycles. The molecule has 0 saturated heterocycles. The van der Waals surface area contributed by atoms with Gasteiger partial charge in [0.15, 0.2) is 5.78 Å². The van der Waals surface area contributed by atoms with E-state index in [1.54, 1.807) is 18.2 Å². The van der Waals surface area contributed by atoms with Gasteiger partial charge >= 0.3 is 5.97 Å². The van der Waals surface area contributed by atoms with E-state index in [1.807, 2.05) is 0 Å². The van der Waals surface area contributed by atoms with Crippen molar-refractivity contribution in [2.45, 2.75) is 6.92 Å². The molecule has 0 aliphatic heterocycles. The summed E-state index contributed by atoms with van der Waals surface area (Å²) in [5, 5.41) is 8.75. The number of H-pyrrole nitrogens is 1. The van der Waals surface area contributed by atoms with E-state index in [0.29, 0.717) is 5.56 Å². The van der Waals surface area contributed by atoms with Crippen molar-refractivity contribution in [1.29, 1.82) is 0 Å². The molecule has 82 valence electrons. The van der Waals surface area contributed by atoms with Gasteiger partial charge in [-0.2, -0.15) is 0 Å². The molecule has 2 rings (SSSR count). The summed E-state index contributed by atoms with van der Waals surface area (Å²) in [7, 11) is 0. The minimum Gasteiger partial charge on any atom is -0.481 e. The number of hydrogen-bond acceptors (Lipinski definition) is 3. The van der Waals surface area contributed by atoms with Gasteiger partial charge in [0, 0.05) is 5.56 Å². The fraction of sp³-hybridized carbons (Fsp3) is 0.182. The number of carboxylic acids is 1. The normalized spacial score (nSPS) is 12.6. The van der Waals surface area contributed by atoms with Gasteiger partial charge in [-0.15, -0.1) is 0 Å². The number of aliphatic carboxylic acids is 1. The second-order valence-electron chi connectivity index (χ2n) is 3.56. The molecule has 5 nitrogen and oxygen atoms in total. The van der Waals surface area contributed by atoms with Crippen molar-refractivity contribution in [2.75, 3.05) is 0 Å². The third kappa shape index (κ3) is 1.67. The van der Waals surface area contributed by atoms with Gasteiger partial charge in [-0.3, -0.25) is 9.59 Å². The number of nitrogens with one attached hydrogen (secondary N) is 1. The van der Waals surface area contributed by atoms with Crippen LogP contribution in [-0.4, -0.2) is 26.8 Å². The van der Waals surface area contributed by atoms with E-state index in [-0.39, 0.29) is 0 Å². The van der Waals surface area contributed by atoms with Crippen LogP contribution < -0.4 is 0 Å². The lowest BCUT2D eigenvalue weighted by Gasteiger charge is -2.04. The number of hydrogen-bond donors (Lipinski definition) is 2. The Kier molecular flexibility index (Phi) is 2.44. The molecular formula is C11H10N2O3. The average molecular weight is 218 g/mol. The molecule has 2 N–H and O–H groups in total. The number of carboxylic acid groups (broad SMARTS) is 1. The van der Waals surface area contributed by atoms with Crippen LogP contribution in [0.5, 0.6) is 0 Å². The molecule has 1 unspecified atom stereocenters. The molecule has 1 aromatic carbocycles. The zero-order valence-corrected chi connectivity index (χ0v) is 8.60. The van der Waals surface area contributed by atoms with Gasteiger partial charge in [0.05, 0.1) is 17.4 Å². The van der Waals surface area contributed by atoms with Gasteiger partial charge in [0.2, 0.25) is 0 Å². The number of aromatic amines is 1. The maximum absolute atomic E-state index is 11.7. The van der Waals surface area contributed by atoms with Crippen LogP contribution >= 0.6 is 0 Å². The van der Waals surface area contributed by atoms with Gasteiger partial charge in [-0.25, -0.2) is 4.98 Å². The average Bonchev–Trinajstić information content (AvgIpc) is 2.73. The highest BCUT2D eigenvalue weighted by atomic mass is 16.4. The highest BCUT2D eigenvalue weighted by molar-refractivity contribution is 6.08. The van der Waals surface area contributed by atoms with Crippen LogP contribution in [0, 0.1) is 5.92 Å². The van der Waals surface area contributed by atoms with Gasteiger partial charge in [-0.05, 0) is 25.1 Å². The van der Waals surface area contributed by atoms with Gasteiger partial charge in [-0.1, -0.05) is 0 Å². The fourth-order valence-electron chi connectivity index (χ4n) is 1.45. The first-order valence-electron chi connectivity index (χ1n) is 4.80. The van der Waals surface area contributed by atoms with Gasteiger partial charge < -0.3 is 10.1 Å². The molecule has 1 atom stereocenters. The Balaban J connectivity index is 2.39. The molecule has 0 aliphatic rings. The van der Waals surface area contributed by atoms with E-state index in [4.69, 9.17) is 5.11 Å². The first kappa shape index (κ1) is 10.4. The van der Waals surface area contributed by atoms with E-state index in [9.17, 15) is 9.59 Å². The Bertz CT molecular complexity index is 559. The van der Waals surface area contributed by atoms with Crippen LogP contribution in [-0.2, 0) is 4.79 Å². The molecule has 16 heavy (non-hydrogen) atoms. The van der Waals surface area contributed by atoms with Gasteiger partial charge in [0.25, 0.3) is 0 Å². The number of carbonyl (C=O) groups is 2. The van der Waals surface area contributed by atoms with Crippen LogP contribution in [0.3, 0.4) is 0 Å². The van der Waals surface area contributed by atoms with E-state index in [2.05, 4.69) is 9.97 Å². The topological polar surface area (TPSA) is 83.0 Å². The smallest absolute Gasteiger partial charge is 0.314 e. The second-order valence-corrected chi connectivity index (χ2v) is 3.56. The third-order valence-electron chi connectivity index (χ3n) is 2.47. The summed E-state index contributed by atoms with van der Waals surface area (Å²) < 4.78 is 0. The summed E-state index contributed by atoms with van der Waals surface area (Å²) in [6.07, 6.45) is 1.53. The Morgan fingerprint density at radius 1 is 1.44 bits per heavy atom. The first-order valence-corrected chi connectivity index (χ1v) is 4.80. The third-order valence-corrected chi connectivity index (χ3v) is 2.47. The van der Waals surface area contributed by atoms with E-state index in [1.165, 1.54) is 13.3 Å². The van der Waals surface area contributed by atoms with E-state index in [0.717, 1.165) is 11.0 Å². The summed E-state index contributed by atoms with van der Waals surface area (Å²) in [4.78, 5) is 29.3. The van der Waals surface area contributed by atoms with Crippen LogP contribution in [0.1, 0.15) is 17.3 Å². The SMILES string of the molecule is CC(C(=O)O)C(=O)c1ccc2nc[nH]c2c1. The zero-order chi connectivity index (χ0) is 11.7. The lowest BCUT2D eigenvalue weighted by Crippen LogP contribution is -2.20. The molecule has 0 spiro atoms. The fourth-order valence-corrected chi connectivity index (χ4v) is 1.45. The van der Waals surface area contributed by atoms with Crippen LogP contribution in [0.25, 0.3) is 11.0 Å². The minimum absolute atomic E-state index is 0.381. The van der Waals surface area contributed by atoms with Crippen molar-refractivity contribution in [2.24, 2.45) is 5.92 Å². The molecular weight excluding hydrogens is 208 g/mol. The quantitative estimate of drug-likeness (QED) is 0.603. The van der Waals surface area contributed by atoms with Crippen molar-refractivity contribution < 1.29 is 14.7 Å². The Morgan fingerprint density at radius 2 is 2.19 bits per heavy atom. The number of imidazole rings is 1. The number of nitrogens with zero attached hydrogens (tertiary/aromatic N) is 1. The second kappa shape index (κ2) is 3.77. The van der Waals surface area contributed by atoms with Crippen molar-refractivity contribution >= 4 is 22.8 Å². The summed E-state index contributed by atoms with van der Waals surface area (Å²) in [5.74, 6) is -2.54. The highest BCUT2D eigenvalue weighted by Crippen LogP contribution is 2.15. The number of benzene rings is 1. The Morgan fingerprint density at radius 3 is 2.88 bits per heavy atom. The molecule has 0 radical (unpaired) electrons. The maximum Gasteiger partial charge on any atom is 0.314 e. The zero-order valence-electron chi connectivity index (χ0n) is 8.60. The van der Waals surface area contributed by atoms with E-state index < -0.39 is 17.7 Å². The molecule has 1 heterocycles. The molecule has 0 amide bonds. The van der Waals surface area contributed by atoms with Crippen molar-refractivity contribution in [3.63, 3.8) is 0 Å². The molecule has 0 fully saturated rings. The number of rotatable bonds is 3. The molecule has 1 aromatic heterocycles. The molecule has 2 aromatic rings. The van der Waals surface area contributed by atoms with Crippen molar-refractivity contribution in [3.8, 4) is 0 Å². The summed E-state index contributed by atoms with van der Waals surface area (Å²) in [5.41, 5.74) is 1.86. The molecule has 0 bridgehead atoms. The van der Waals surface area contributed by atoms with Gasteiger partial charge in [0.1, 0.15) is 5.92 Å². The number of fused-ring (bicyclic) bond motifs is 1. The summed E-state index contributed by atoms with van der Waals surface area (Å²) in [6.45, 7) is 1.38. The van der Waals surface area contributed by atoms with Crippen molar-refractivity contribution in [3.05, 3.63) is 30.1 Å². The number of ketones is 1. The van der Waals surface area contributed by atoms with Crippen LogP contribution in [0.2, 0.25) is 0 Å². The number of carbonyl (C=O) groups excluding carboxylic acids is 1. The molecule has 5 heteroatoms. The standard InChI is InChI=1S/C11H10N2O3/c1-6(11(15)16)10(14)7-2-3-8-9(4-7)13-5-12-8/h2-6H,1H3,(H,12,13)(H,15,16). The lowest BCUT2D eigenvalue weighted by atomic mass is 9.99. The van der Waals surface area contributed by atoms with Crippen LogP contribution in [0.4, 0.5) is 0 Å². The Labute approximate surface area is 91.1 Å². The minimum atomic E-state index is -1.12. The predicted octanol–water partition coefficient (Wildman–Crippen LogP) is 1.47. The summed E-state index contributed by atoms with van der Waals surface area (Å²) >= 11 is 0. The molecule has 0 saturated carbocycles. The monoisotopic (exact) mass is 218 g/mol. The lowest BCUT2D eigenvalue weighted by molar-refractivity contribution is -0.139. The largest absolute Gasteiger partial charge is 0.481 e.